The van der Waals surface area contributed by atoms with Crippen molar-refractivity contribution < 1.29 is 42.7 Å². The fourth-order valence-electron chi connectivity index (χ4n) is 11.1. The number of nitrogens with two attached hydrogens (primary N) is 1. The van der Waals surface area contributed by atoms with E-state index in [1.165, 1.54) is 295 Å². The third-order valence-electron chi connectivity index (χ3n) is 15.4. The molecule has 448 valence electrons. The predicted molar refractivity (Wildman–Crippen MR) is 317 cm³/mol. The van der Waals surface area contributed by atoms with Crippen LogP contribution in [0.2, 0.25) is 0 Å². The topological polar surface area (TPSA) is 206 Å². The Kier molecular flexibility index (Phi) is 37.4. The zero-order valence-corrected chi connectivity index (χ0v) is 51.7. The fraction of sp³-hybridized carbons (Fsp3) is 0.964. The second-order valence-electron chi connectivity index (χ2n) is 22.7. The highest BCUT2D eigenvalue weighted by atomic mass is 32.3. The van der Waals surface area contributed by atoms with Gasteiger partial charge in [0.2, 0.25) is 0 Å². The molecule has 0 bridgehead atoms. The molecular weight excluding hydrogens is 1040 g/mol. The molecule has 6 aliphatic heterocycles. The van der Waals surface area contributed by atoms with Gasteiger partial charge in [-0.3, -0.25) is 9.89 Å². The number of sulfonamides is 4. The van der Waals surface area contributed by atoms with Crippen LogP contribution in [0.3, 0.4) is 0 Å². The van der Waals surface area contributed by atoms with Gasteiger partial charge >= 0.3 is 20.0 Å². The van der Waals surface area contributed by atoms with E-state index in [2.05, 4.69) is 32.7 Å². The summed E-state index contributed by atoms with van der Waals surface area (Å²) in [6.07, 6.45) is 51.9. The number of hydrogen-bond acceptors (Lipinski definition) is 13. The normalized spacial score (nSPS) is 21.2. The van der Waals surface area contributed by atoms with Crippen molar-refractivity contribution in [3.63, 3.8) is 0 Å². The first kappa shape index (κ1) is 68.7. The van der Waals surface area contributed by atoms with Crippen molar-refractivity contribution in [2.24, 2.45) is 9.98 Å². The van der Waals surface area contributed by atoms with Gasteiger partial charge in [-0.2, -0.15) is 16.8 Å². The average molecular weight is 1150 g/mol. The number of rotatable bonds is 34. The molecule has 0 amide bonds. The van der Waals surface area contributed by atoms with E-state index in [9.17, 15) is 33.7 Å². The minimum Gasteiger partial charge on any atom is -0.436 e. The molecule has 0 spiro atoms. The number of nitrogens with one attached hydrogen (secondary N) is 1. The third-order valence-corrected chi connectivity index (χ3v) is 22.9. The summed E-state index contributed by atoms with van der Waals surface area (Å²) in [6.45, 7) is 16.8. The quantitative estimate of drug-likeness (QED) is 0.0580. The maximum atomic E-state index is 10.6. The molecule has 3 N–H and O–H groups in total. The molecule has 4 fully saturated rings. The number of quaternary nitrogens is 2. The van der Waals surface area contributed by atoms with Crippen molar-refractivity contribution in [1.82, 2.24) is 14.7 Å². The molecule has 0 aromatic carbocycles. The van der Waals surface area contributed by atoms with Crippen molar-refractivity contribution in [3.8, 4) is 0 Å². The van der Waals surface area contributed by atoms with Gasteiger partial charge in [0.15, 0.2) is 5.96 Å². The molecule has 0 saturated carbocycles. The SMILES string of the molecule is CCCCCCCCCCCCCCCCCCN1CCCN2CCCN=C12.CCCCCCCCCCCCCCCCCCN1CCC[NH+]2CCCN=C12.O=S1(=O)CCCS(=O)(=O)[N-]1.O=S1(=O)CCCS(=O)(=O)[NH2+]1. The number of aliphatic imine (C=N–C) groups is 2. The van der Waals surface area contributed by atoms with Gasteiger partial charge in [0.25, 0.3) is 5.96 Å². The lowest BCUT2D eigenvalue weighted by Gasteiger charge is -2.41. The summed E-state index contributed by atoms with van der Waals surface area (Å²) in [6, 6.07) is 0. The molecule has 1 unspecified atom stereocenters. The first-order valence-corrected chi connectivity index (χ1v) is 38.0. The van der Waals surface area contributed by atoms with E-state index in [1.54, 1.807) is 4.90 Å². The Bertz CT molecular complexity index is 1800. The summed E-state index contributed by atoms with van der Waals surface area (Å²) in [7, 11) is -14.1. The van der Waals surface area contributed by atoms with Crippen LogP contribution >= 0.6 is 0 Å². The van der Waals surface area contributed by atoms with Crippen LogP contribution in [0.4, 0.5) is 0 Å². The molecular formula is C56H113N8O8S4+. The summed E-state index contributed by atoms with van der Waals surface area (Å²) in [5.41, 5.74) is 0. The highest BCUT2D eigenvalue weighted by molar-refractivity contribution is 8.12. The number of fused-ring (bicyclic) bond motifs is 2. The van der Waals surface area contributed by atoms with E-state index in [4.69, 9.17) is 9.98 Å². The largest absolute Gasteiger partial charge is 0.436 e. The highest BCUT2D eigenvalue weighted by Gasteiger charge is 2.31. The maximum absolute atomic E-state index is 10.6. The Balaban J connectivity index is 0.000000295. The van der Waals surface area contributed by atoms with E-state index in [1.807, 2.05) is 0 Å². The number of nitrogens with zero attached hydrogens (tertiary/aromatic N) is 6. The summed E-state index contributed by atoms with van der Waals surface area (Å²) >= 11 is 0. The van der Waals surface area contributed by atoms with Crippen LogP contribution in [0, 0.1) is 0 Å². The summed E-state index contributed by atoms with van der Waals surface area (Å²) in [5, 5.41) is 0. The van der Waals surface area contributed by atoms with Crippen LogP contribution in [0.1, 0.15) is 258 Å². The number of guanidine groups is 2. The smallest absolute Gasteiger partial charge is 0.308 e. The van der Waals surface area contributed by atoms with Crippen LogP contribution in [-0.4, -0.2) is 149 Å². The Morgan fingerprint density at radius 2 is 0.776 bits per heavy atom. The van der Waals surface area contributed by atoms with Crippen molar-refractivity contribution >= 4 is 52.0 Å². The van der Waals surface area contributed by atoms with Crippen LogP contribution < -0.4 is 9.03 Å². The van der Waals surface area contributed by atoms with Gasteiger partial charge in [-0.05, 0) is 38.5 Å². The first-order chi connectivity index (χ1) is 36.7. The maximum Gasteiger partial charge on any atom is 0.308 e. The van der Waals surface area contributed by atoms with E-state index >= 15 is 0 Å². The van der Waals surface area contributed by atoms with E-state index in [0.717, 1.165) is 13.1 Å². The molecule has 6 rings (SSSR count). The molecule has 20 heteroatoms. The van der Waals surface area contributed by atoms with Crippen LogP contribution in [-0.2, 0) is 40.1 Å². The molecule has 0 radical (unpaired) electrons. The second-order valence-corrected chi connectivity index (χ2v) is 30.6. The zero-order chi connectivity index (χ0) is 55.1. The molecule has 0 aromatic heterocycles. The van der Waals surface area contributed by atoms with Gasteiger partial charge < -0.3 is 18.8 Å². The van der Waals surface area contributed by atoms with Gasteiger partial charge in [0.05, 0.1) is 39.7 Å². The number of primary sulfonamides is 2. The van der Waals surface area contributed by atoms with Crippen molar-refractivity contribution in [2.45, 2.75) is 258 Å². The van der Waals surface area contributed by atoms with Crippen molar-refractivity contribution in [2.75, 3.05) is 88.5 Å². The van der Waals surface area contributed by atoms with Crippen molar-refractivity contribution in [3.05, 3.63) is 4.13 Å². The minimum atomic E-state index is -3.65. The Morgan fingerprint density at radius 3 is 1.18 bits per heavy atom. The third kappa shape index (κ3) is 33.9. The predicted octanol–water partition coefficient (Wildman–Crippen LogP) is 9.65. The summed E-state index contributed by atoms with van der Waals surface area (Å²) in [4.78, 5) is 19.0. The van der Waals surface area contributed by atoms with Gasteiger partial charge in [-0.25, -0.2) is 21.8 Å². The molecule has 16 nitrogen and oxygen atoms in total. The lowest BCUT2D eigenvalue weighted by Crippen LogP contribution is -3.18. The summed E-state index contributed by atoms with van der Waals surface area (Å²) < 4.78 is 87.8. The number of hydrogen-bond donors (Lipinski definition) is 2. The molecule has 0 aromatic rings. The first-order valence-electron chi connectivity index (χ1n) is 31.3. The molecule has 1 atom stereocenters. The van der Waals surface area contributed by atoms with Gasteiger partial charge in [-0.15, -0.1) is 4.13 Å². The van der Waals surface area contributed by atoms with Crippen molar-refractivity contribution in [1.29, 1.82) is 0 Å². The molecule has 0 aliphatic carbocycles. The monoisotopic (exact) mass is 1150 g/mol. The van der Waals surface area contributed by atoms with E-state index in [-0.39, 0.29) is 35.9 Å². The minimum absolute atomic E-state index is 0.0355. The fourth-order valence-corrected chi connectivity index (χ4v) is 18.2. The number of unbranched alkanes of at least 4 members (excludes halogenated alkanes) is 30. The Hall–Kier alpha value is -1.58. The van der Waals surface area contributed by atoms with Gasteiger partial charge in [-0.1, -0.05) is 206 Å². The van der Waals surface area contributed by atoms with E-state index in [0.29, 0.717) is 4.13 Å². The Morgan fingerprint density at radius 1 is 0.408 bits per heavy atom. The molecule has 6 aliphatic rings. The van der Waals surface area contributed by atoms with Crippen LogP contribution in [0.5, 0.6) is 0 Å². The highest BCUT2D eigenvalue weighted by Crippen LogP contribution is 2.20. The van der Waals surface area contributed by atoms with Crippen LogP contribution in [0.15, 0.2) is 9.98 Å². The van der Waals surface area contributed by atoms with E-state index < -0.39 is 40.1 Å². The second kappa shape index (κ2) is 41.4. The lowest BCUT2D eigenvalue weighted by atomic mass is 10.0. The van der Waals surface area contributed by atoms with Gasteiger partial charge in [0, 0.05) is 70.2 Å². The summed E-state index contributed by atoms with van der Waals surface area (Å²) in [5.74, 6) is 2.36. The standard InChI is InChI=1S/2C25H49N3.C3H7NO4S2.C3H6NO4S2/c2*1-2-3-4-5-6-7-8-9-10-11-12-13-14-15-16-17-21-27-23-19-24-28-22-18-20-26-25(27)28;2*5-9(6)2-1-3-10(7,8)4-9/h2*2-24H2,1H3;4H,1-3H2;1-3H2/q;;;-1/p+2. The molecule has 6 heterocycles. The molecule has 4 saturated heterocycles. The Labute approximate surface area is 467 Å². The molecule has 76 heavy (non-hydrogen) atoms. The average Bonchev–Trinajstić information content (AvgIpc) is 3.37. The lowest BCUT2D eigenvalue weighted by molar-refractivity contribution is -0.818. The van der Waals surface area contributed by atoms with Crippen LogP contribution in [0.25, 0.3) is 4.13 Å². The van der Waals surface area contributed by atoms with Gasteiger partial charge in [0.1, 0.15) is 11.5 Å². The zero-order valence-electron chi connectivity index (χ0n) is 48.4.